The van der Waals surface area contributed by atoms with E-state index in [4.69, 9.17) is 9.47 Å². The van der Waals surface area contributed by atoms with E-state index in [0.29, 0.717) is 6.61 Å². The van der Waals surface area contributed by atoms with Crippen LogP contribution in [0.4, 0.5) is 0 Å². The van der Waals surface area contributed by atoms with E-state index < -0.39 is 0 Å². The Morgan fingerprint density at radius 2 is 2.13 bits per heavy atom. The summed E-state index contributed by atoms with van der Waals surface area (Å²) in [5.74, 6) is 0. The van der Waals surface area contributed by atoms with Crippen molar-refractivity contribution in [1.29, 1.82) is 0 Å². The Morgan fingerprint density at radius 1 is 1.33 bits per heavy atom. The second-order valence-corrected chi connectivity index (χ2v) is 3.71. The largest absolute Gasteiger partial charge is 0.382 e. The van der Waals surface area contributed by atoms with Crippen LogP contribution in [0.2, 0.25) is 0 Å². The number of hydrogen-bond acceptors (Lipinski definition) is 2. The highest BCUT2D eigenvalue weighted by atomic mass is 16.5. The molecule has 1 aromatic carbocycles. The molecule has 0 spiro atoms. The van der Waals surface area contributed by atoms with Gasteiger partial charge in [-0.25, -0.2) is 0 Å². The summed E-state index contributed by atoms with van der Waals surface area (Å²) in [6.45, 7) is 0.660. The van der Waals surface area contributed by atoms with E-state index >= 15 is 0 Å². The molecule has 15 heavy (non-hydrogen) atoms. The summed E-state index contributed by atoms with van der Waals surface area (Å²) in [6, 6.07) is 10.3. The van der Waals surface area contributed by atoms with E-state index in [1.54, 1.807) is 7.11 Å². The Kier molecular flexibility index (Phi) is 3.54. The Morgan fingerprint density at radius 3 is 2.87 bits per heavy atom. The molecule has 1 aliphatic rings. The van der Waals surface area contributed by atoms with Crippen molar-refractivity contribution in [2.24, 2.45) is 0 Å². The van der Waals surface area contributed by atoms with Crippen molar-refractivity contribution >= 4 is 0 Å². The number of methoxy groups -OCH3 is 1. The van der Waals surface area contributed by atoms with Crippen LogP contribution < -0.4 is 0 Å². The van der Waals surface area contributed by atoms with Crippen LogP contribution in [0.1, 0.15) is 18.1 Å². The van der Waals surface area contributed by atoms with Gasteiger partial charge >= 0.3 is 0 Å². The molecule has 0 radical (unpaired) electrons. The summed E-state index contributed by atoms with van der Waals surface area (Å²) in [6.07, 6.45) is 5.49. The van der Waals surface area contributed by atoms with Crippen molar-refractivity contribution in [2.45, 2.75) is 18.6 Å². The molecule has 0 amide bonds. The molecule has 2 heteroatoms. The third-order valence-electron chi connectivity index (χ3n) is 2.53. The van der Waals surface area contributed by atoms with Crippen molar-refractivity contribution in [3.05, 3.63) is 48.0 Å². The van der Waals surface area contributed by atoms with Crippen LogP contribution >= 0.6 is 0 Å². The van der Waals surface area contributed by atoms with E-state index in [1.165, 1.54) is 5.56 Å². The zero-order valence-electron chi connectivity index (χ0n) is 8.93. The topological polar surface area (TPSA) is 18.5 Å². The Hall–Kier alpha value is -1.12. The molecule has 1 aliphatic heterocycles. The van der Waals surface area contributed by atoms with Gasteiger partial charge in [0.1, 0.15) is 6.10 Å². The van der Waals surface area contributed by atoms with Crippen LogP contribution in [0.3, 0.4) is 0 Å². The standard InChI is InChI=1S/C13H16O2/c1-14-10-12-8-5-9-13(15-12)11-6-3-2-4-7-11/h2-7,9,12-13H,8,10H2,1H3/t12-,13-/m0/s1. The molecule has 0 aromatic heterocycles. The van der Waals surface area contributed by atoms with E-state index in [1.807, 2.05) is 18.2 Å². The molecule has 0 saturated carbocycles. The molecule has 2 atom stereocenters. The lowest BCUT2D eigenvalue weighted by Crippen LogP contribution is -2.23. The highest BCUT2D eigenvalue weighted by Gasteiger charge is 2.18. The molecule has 0 unspecified atom stereocenters. The number of ether oxygens (including phenoxy) is 2. The second kappa shape index (κ2) is 5.10. The third kappa shape index (κ3) is 2.67. The average Bonchev–Trinajstić information content (AvgIpc) is 2.31. The van der Waals surface area contributed by atoms with Crippen LogP contribution in [0, 0.1) is 0 Å². The van der Waals surface area contributed by atoms with E-state index in [-0.39, 0.29) is 12.2 Å². The Bertz CT molecular complexity index is 319. The van der Waals surface area contributed by atoms with Crippen LogP contribution in [-0.2, 0) is 9.47 Å². The van der Waals surface area contributed by atoms with Crippen molar-refractivity contribution in [3.63, 3.8) is 0 Å². The fourth-order valence-electron chi connectivity index (χ4n) is 1.79. The predicted octanol–water partition coefficient (Wildman–Crippen LogP) is 2.72. The van der Waals surface area contributed by atoms with Crippen LogP contribution in [0.15, 0.2) is 42.5 Å². The maximum absolute atomic E-state index is 5.90. The lowest BCUT2D eigenvalue weighted by molar-refractivity contribution is -0.0361. The van der Waals surface area contributed by atoms with Gasteiger partial charge in [-0.15, -0.1) is 0 Å². The molecule has 2 rings (SSSR count). The van der Waals surface area contributed by atoms with Crippen molar-refractivity contribution < 1.29 is 9.47 Å². The molecular formula is C13H16O2. The first-order valence-corrected chi connectivity index (χ1v) is 5.26. The maximum atomic E-state index is 5.90. The fraction of sp³-hybridized carbons (Fsp3) is 0.385. The zero-order valence-corrected chi connectivity index (χ0v) is 8.93. The van der Waals surface area contributed by atoms with Crippen molar-refractivity contribution in [1.82, 2.24) is 0 Å². The van der Waals surface area contributed by atoms with Gasteiger partial charge in [-0.05, 0) is 12.0 Å². The molecule has 80 valence electrons. The van der Waals surface area contributed by atoms with Gasteiger partial charge in [0.2, 0.25) is 0 Å². The summed E-state index contributed by atoms with van der Waals surface area (Å²) in [7, 11) is 1.71. The van der Waals surface area contributed by atoms with Crippen molar-refractivity contribution in [3.8, 4) is 0 Å². The van der Waals surface area contributed by atoms with Gasteiger partial charge in [0.15, 0.2) is 0 Å². The number of hydrogen-bond donors (Lipinski definition) is 0. The van der Waals surface area contributed by atoms with Gasteiger partial charge < -0.3 is 9.47 Å². The van der Waals surface area contributed by atoms with Gasteiger partial charge in [-0.2, -0.15) is 0 Å². The highest BCUT2D eigenvalue weighted by Crippen LogP contribution is 2.25. The summed E-state index contributed by atoms with van der Waals surface area (Å²) in [5, 5.41) is 0. The summed E-state index contributed by atoms with van der Waals surface area (Å²) < 4.78 is 11.0. The fourth-order valence-corrected chi connectivity index (χ4v) is 1.79. The maximum Gasteiger partial charge on any atom is 0.101 e. The highest BCUT2D eigenvalue weighted by molar-refractivity contribution is 5.22. The van der Waals surface area contributed by atoms with Gasteiger partial charge in [-0.3, -0.25) is 0 Å². The normalized spacial score (nSPS) is 25.4. The average molecular weight is 204 g/mol. The molecular weight excluding hydrogens is 188 g/mol. The van der Waals surface area contributed by atoms with Crippen molar-refractivity contribution in [2.75, 3.05) is 13.7 Å². The molecule has 0 fully saturated rings. The smallest absolute Gasteiger partial charge is 0.101 e. The second-order valence-electron chi connectivity index (χ2n) is 3.71. The zero-order chi connectivity index (χ0) is 10.5. The quantitative estimate of drug-likeness (QED) is 0.705. The number of benzene rings is 1. The number of rotatable bonds is 3. The molecule has 0 bridgehead atoms. The minimum atomic E-state index is 0.0834. The van der Waals surface area contributed by atoms with E-state index in [2.05, 4.69) is 24.3 Å². The predicted molar refractivity (Wildman–Crippen MR) is 59.7 cm³/mol. The molecule has 0 saturated heterocycles. The first-order valence-electron chi connectivity index (χ1n) is 5.26. The minimum Gasteiger partial charge on any atom is -0.382 e. The lowest BCUT2D eigenvalue weighted by Gasteiger charge is -2.25. The van der Waals surface area contributed by atoms with E-state index in [0.717, 1.165) is 6.42 Å². The lowest BCUT2D eigenvalue weighted by atomic mass is 10.1. The summed E-state index contributed by atoms with van der Waals surface area (Å²) in [4.78, 5) is 0. The van der Waals surface area contributed by atoms with Gasteiger partial charge in [0, 0.05) is 7.11 Å². The van der Waals surface area contributed by atoms with Gasteiger partial charge in [0.05, 0.1) is 12.7 Å². The summed E-state index contributed by atoms with van der Waals surface area (Å²) >= 11 is 0. The summed E-state index contributed by atoms with van der Waals surface area (Å²) in [5.41, 5.74) is 1.20. The third-order valence-corrected chi connectivity index (χ3v) is 2.53. The van der Waals surface area contributed by atoms with Crippen LogP contribution in [0.25, 0.3) is 0 Å². The van der Waals surface area contributed by atoms with Gasteiger partial charge in [-0.1, -0.05) is 42.5 Å². The Labute approximate surface area is 90.5 Å². The monoisotopic (exact) mass is 204 g/mol. The minimum absolute atomic E-state index is 0.0834. The molecule has 1 heterocycles. The first-order chi connectivity index (χ1) is 7.40. The van der Waals surface area contributed by atoms with Crippen LogP contribution in [0.5, 0.6) is 0 Å². The first kappa shape index (κ1) is 10.4. The molecule has 0 N–H and O–H groups in total. The molecule has 1 aromatic rings. The van der Waals surface area contributed by atoms with Crippen LogP contribution in [-0.4, -0.2) is 19.8 Å². The Balaban J connectivity index is 2.05. The molecule has 0 aliphatic carbocycles. The SMILES string of the molecule is COC[C@@H]1CC=C[C@@H](c2ccccc2)O1. The van der Waals surface area contributed by atoms with E-state index in [9.17, 15) is 0 Å². The van der Waals surface area contributed by atoms with Gasteiger partial charge in [0.25, 0.3) is 0 Å². The molecule has 2 nitrogen and oxygen atoms in total.